The lowest BCUT2D eigenvalue weighted by molar-refractivity contribution is -0.141. The molecular formula is C27H31ClN4O6. The van der Waals surface area contributed by atoms with Gasteiger partial charge in [-0.1, -0.05) is 25.4 Å². The molecule has 202 valence electrons. The van der Waals surface area contributed by atoms with E-state index < -0.39 is 29.7 Å². The van der Waals surface area contributed by atoms with E-state index in [-0.39, 0.29) is 18.4 Å². The van der Waals surface area contributed by atoms with Crippen LogP contribution in [0.25, 0.3) is 0 Å². The van der Waals surface area contributed by atoms with Gasteiger partial charge in [0.15, 0.2) is 5.60 Å². The Bertz CT molecular complexity index is 1230. The molecule has 2 aliphatic rings. The van der Waals surface area contributed by atoms with Crippen LogP contribution in [0.4, 0.5) is 21.0 Å². The molecule has 1 spiro atoms. The number of carbonyl (C=O) groups is 4. The Morgan fingerprint density at radius 2 is 1.92 bits per heavy atom. The monoisotopic (exact) mass is 542 g/mol. The fourth-order valence-corrected chi connectivity index (χ4v) is 5.08. The van der Waals surface area contributed by atoms with Crippen molar-refractivity contribution in [3.63, 3.8) is 0 Å². The molecular weight excluding hydrogens is 512 g/mol. The number of nitrogens with zero attached hydrogens (tertiary/aromatic N) is 1. The summed E-state index contributed by atoms with van der Waals surface area (Å²) in [5, 5.41) is 8.61. The molecule has 0 aromatic heterocycles. The minimum atomic E-state index is -1.02. The Labute approximate surface area is 226 Å². The molecule has 1 fully saturated rings. The lowest BCUT2D eigenvalue weighted by Crippen LogP contribution is -2.57. The molecule has 4 rings (SSSR count). The van der Waals surface area contributed by atoms with Crippen LogP contribution in [0.1, 0.15) is 49.0 Å². The predicted octanol–water partition coefficient (Wildman–Crippen LogP) is 4.74. The number of methoxy groups -OCH3 is 1. The van der Waals surface area contributed by atoms with E-state index >= 15 is 0 Å². The van der Waals surface area contributed by atoms with Gasteiger partial charge in [0.1, 0.15) is 6.04 Å². The molecule has 0 bridgehead atoms. The summed E-state index contributed by atoms with van der Waals surface area (Å²) in [5.41, 5.74) is 1.13. The van der Waals surface area contributed by atoms with Gasteiger partial charge in [0.25, 0.3) is 5.91 Å². The molecule has 2 atom stereocenters. The van der Waals surface area contributed by atoms with Crippen molar-refractivity contribution in [2.24, 2.45) is 5.92 Å². The van der Waals surface area contributed by atoms with Crippen LogP contribution in [0.3, 0.4) is 0 Å². The number of hydrogen-bond acceptors (Lipinski definition) is 6. The van der Waals surface area contributed by atoms with Gasteiger partial charge in [0, 0.05) is 28.4 Å². The summed E-state index contributed by atoms with van der Waals surface area (Å²) >= 11 is 6.26. The number of anilines is 2. The average molecular weight is 543 g/mol. The minimum absolute atomic E-state index is 0.130. The number of nitrogens with one attached hydrogen (secondary N) is 3. The predicted molar refractivity (Wildman–Crippen MR) is 142 cm³/mol. The molecule has 38 heavy (non-hydrogen) atoms. The molecule has 2 aliphatic heterocycles. The van der Waals surface area contributed by atoms with Gasteiger partial charge in [-0.05, 0) is 67.6 Å². The highest BCUT2D eigenvalue weighted by atomic mass is 35.5. The van der Waals surface area contributed by atoms with E-state index in [0.29, 0.717) is 47.8 Å². The molecule has 0 unspecified atom stereocenters. The second kappa shape index (κ2) is 11.3. The van der Waals surface area contributed by atoms with Gasteiger partial charge < -0.3 is 19.7 Å². The molecule has 2 heterocycles. The summed E-state index contributed by atoms with van der Waals surface area (Å²) in [7, 11) is 1.26. The summed E-state index contributed by atoms with van der Waals surface area (Å²) in [5.74, 6) is -0.523. The smallest absolute Gasteiger partial charge is 0.412 e. The molecule has 2 aromatic rings. The van der Waals surface area contributed by atoms with Crippen molar-refractivity contribution in [2.75, 3.05) is 30.8 Å². The summed E-state index contributed by atoms with van der Waals surface area (Å²) in [6, 6.07) is 10.7. The van der Waals surface area contributed by atoms with Crippen LogP contribution in [-0.4, -0.2) is 55.1 Å². The number of piperidine rings is 1. The van der Waals surface area contributed by atoms with Crippen molar-refractivity contribution in [1.29, 1.82) is 0 Å². The van der Waals surface area contributed by atoms with Crippen molar-refractivity contribution >= 4 is 47.0 Å². The van der Waals surface area contributed by atoms with Gasteiger partial charge in [-0.3, -0.25) is 20.2 Å². The molecule has 4 amide bonds. The van der Waals surface area contributed by atoms with Gasteiger partial charge >= 0.3 is 12.2 Å². The Balaban J connectivity index is 1.52. The van der Waals surface area contributed by atoms with Crippen molar-refractivity contribution in [1.82, 2.24) is 10.2 Å². The highest BCUT2D eigenvalue weighted by molar-refractivity contribution is 6.30. The molecule has 11 heteroatoms. The van der Waals surface area contributed by atoms with Crippen molar-refractivity contribution in [2.45, 2.75) is 44.8 Å². The third-order valence-electron chi connectivity index (χ3n) is 6.65. The zero-order valence-corrected chi connectivity index (χ0v) is 22.3. The fraction of sp³-hybridized carbons (Fsp3) is 0.407. The van der Waals surface area contributed by atoms with Crippen LogP contribution in [0, 0.1) is 5.92 Å². The lowest BCUT2D eigenvalue weighted by Gasteiger charge is -2.45. The maximum atomic E-state index is 13.8. The Morgan fingerprint density at radius 3 is 2.61 bits per heavy atom. The van der Waals surface area contributed by atoms with Gasteiger partial charge in [0.05, 0.1) is 19.3 Å². The molecule has 1 saturated heterocycles. The van der Waals surface area contributed by atoms with Crippen molar-refractivity contribution in [3.8, 4) is 0 Å². The first kappa shape index (κ1) is 27.3. The van der Waals surface area contributed by atoms with Crippen LogP contribution in [0.2, 0.25) is 5.02 Å². The van der Waals surface area contributed by atoms with Crippen LogP contribution in [0.5, 0.6) is 0 Å². The van der Waals surface area contributed by atoms with Crippen LogP contribution < -0.4 is 16.0 Å². The fourth-order valence-electron chi connectivity index (χ4n) is 4.91. The number of fused-ring (bicyclic) bond motifs is 2. The Hall–Kier alpha value is -3.79. The minimum Gasteiger partial charge on any atom is -0.453 e. The molecule has 0 radical (unpaired) electrons. The number of ether oxygens (including phenoxy) is 2. The second-order valence-electron chi connectivity index (χ2n) is 9.91. The first-order valence-electron chi connectivity index (χ1n) is 12.4. The zero-order chi connectivity index (χ0) is 27.4. The van der Waals surface area contributed by atoms with E-state index in [1.165, 1.54) is 7.11 Å². The largest absolute Gasteiger partial charge is 0.453 e. The highest BCUT2D eigenvalue weighted by Gasteiger charge is 2.47. The van der Waals surface area contributed by atoms with Crippen molar-refractivity contribution in [3.05, 3.63) is 58.6 Å². The molecule has 10 nitrogen and oxygen atoms in total. The number of rotatable bonds is 6. The maximum absolute atomic E-state index is 13.8. The van der Waals surface area contributed by atoms with Crippen molar-refractivity contribution < 1.29 is 28.7 Å². The van der Waals surface area contributed by atoms with E-state index in [4.69, 9.17) is 16.3 Å². The van der Waals surface area contributed by atoms with Gasteiger partial charge in [-0.15, -0.1) is 0 Å². The van der Waals surface area contributed by atoms with Crippen LogP contribution in [0.15, 0.2) is 42.5 Å². The number of carbonyl (C=O) groups excluding carboxylic acids is 4. The third-order valence-corrected chi connectivity index (χ3v) is 6.89. The summed E-state index contributed by atoms with van der Waals surface area (Å²) in [6.45, 7) is 4.58. The number of benzene rings is 2. The number of halogens is 1. The second-order valence-corrected chi connectivity index (χ2v) is 10.3. The summed E-state index contributed by atoms with van der Waals surface area (Å²) < 4.78 is 10.4. The topological polar surface area (TPSA) is 126 Å². The van der Waals surface area contributed by atoms with E-state index in [9.17, 15) is 19.2 Å². The third kappa shape index (κ3) is 6.02. The van der Waals surface area contributed by atoms with E-state index in [1.807, 2.05) is 13.8 Å². The quantitative estimate of drug-likeness (QED) is 0.484. The van der Waals surface area contributed by atoms with E-state index in [0.717, 1.165) is 5.56 Å². The molecule has 0 saturated carbocycles. The lowest BCUT2D eigenvalue weighted by atomic mass is 9.83. The highest BCUT2D eigenvalue weighted by Crippen LogP contribution is 2.43. The number of hydrogen-bond donors (Lipinski definition) is 3. The van der Waals surface area contributed by atoms with Gasteiger partial charge in [0.2, 0.25) is 5.91 Å². The molecule has 2 aromatic carbocycles. The molecule has 3 N–H and O–H groups in total. The maximum Gasteiger partial charge on any atom is 0.412 e. The standard InChI is InChI=1S/C27H31ClN4O6/c1-16(2)13-22(30-23(33)17-5-8-19(9-6-17)29-25(35)37-3)24(34)32-12-4-11-27(15-32)20-14-18(28)7-10-21(20)31-26(36)38-27/h5-10,14,16,22H,4,11-13,15H2,1-3H3,(H,29,35)(H,30,33)(H,31,36)/t22-,27-/m0/s1. The Kier molecular flexibility index (Phi) is 8.11. The zero-order valence-electron chi connectivity index (χ0n) is 21.5. The first-order valence-corrected chi connectivity index (χ1v) is 12.8. The summed E-state index contributed by atoms with van der Waals surface area (Å²) in [4.78, 5) is 52.3. The van der Waals surface area contributed by atoms with Gasteiger partial charge in [-0.2, -0.15) is 0 Å². The SMILES string of the molecule is COC(=O)Nc1ccc(C(=O)N[C@@H](CC(C)C)C(=O)N2CCC[C@@]3(C2)OC(=O)Nc2ccc(Cl)cc23)cc1. The molecule has 0 aliphatic carbocycles. The number of amides is 4. The van der Waals surface area contributed by atoms with E-state index in [2.05, 4.69) is 20.7 Å². The average Bonchev–Trinajstić information content (AvgIpc) is 2.88. The van der Waals surface area contributed by atoms with Crippen LogP contribution in [-0.2, 0) is 19.9 Å². The van der Waals surface area contributed by atoms with E-state index in [1.54, 1.807) is 47.4 Å². The van der Waals surface area contributed by atoms with Gasteiger partial charge in [-0.25, -0.2) is 9.59 Å². The van der Waals surface area contributed by atoms with Crippen LogP contribution >= 0.6 is 11.6 Å². The number of likely N-dealkylation sites (tertiary alicyclic amines) is 1. The summed E-state index contributed by atoms with van der Waals surface area (Å²) in [6.07, 6.45) is 0.395. The normalized spacial score (nSPS) is 19.2. The first-order chi connectivity index (χ1) is 18.1. The Morgan fingerprint density at radius 1 is 1.18 bits per heavy atom.